The van der Waals surface area contributed by atoms with Gasteiger partial charge in [-0.15, -0.1) is 0 Å². The Balaban J connectivity index is 1.18. The molecule has 0 fully saturated rings. The van der Waals surface area contributed by atoms with E-state index in [2.05, 4.69) is 193 Å². The van der Waals surface area contributed by atoms with Gasteiger partial charge in [-0.2, -0.15) is 0 Å². The maximum atomic E-state index is 5.33. The number of hydrogen-bond donors (Lipinski definition) is 0. The first kappa shape index (κ1) is 34.1. The van der Waals surface area contributed by atoms with Crippen molar-refractivity contribution < 1.29 is 0 Å². The van der Waals surface area contributed by atoms with E-state index < -0.39 is 0 Å². The van der Waals surface area contributed by atoms with Gasteiger partial charge in [-0.05, 0) is 111 Å². The zero-order valence-corrected chi connectivity index (χ0v) is 32.8. The Kier molecular flexibility index (Phi) is 7.63. The second-order valence-corrected chi connectivity index (χ2v) is 16.7. The topological polar surface area (TPSA) is 38.7 Å². The van der Waals surface area contributed by atoms with Gasteiger partial charge in [0.15, 0.2) is 17.5 Å². The fourth-order valence-corrected chi connectivity index (χ4v) is 9.10. The van der Waals surface area contributed by atoms with Crippen molar-refractivity contribution in [2.45, 2.75) is 52.4 Å². The van der Waals surface area contributed by atoms with E-state index in [1.807, 2.05) is 0 Å². The summed E-state index contributed by atoms with van der Waals surface area (Å²) in [6.45, 7) is 13.7. The van der Waals surface area contributed by atoms with Crippen LogP contribution in [0.25, 0.3) is 78.7 Å². The summed E-state index contributed by atoms with van der Waals surface area (Å²) >= 11 is 0. The van der Waals surface area contributed by atoms with Crippen LogP contribution >= 0.6 is 0 Å². The average molecular weight is 722 g/mol. The van der Waals surface area contributed by atoms with Gasteiger partial charge in [-0.25, -0.2) is 15.0 Å². The second kappa shape index (κ2) is 12.5. The Morgan fingerprint density at radius 1 is 0.304 bits per heavy atom. The molecule has 1 aromatic heterocycles. The van der Waals surface area contributed by atoms with Crippen LogP contribution in [0, 0.1) is 13.8 Å². The molecule has 270 valence electrons. The number of rotatable bonds is 5. The number of aryl methyl sites for hydroxylation is 2. The van der Waals surface area contributed by atoms with E-state index in [1.165, 1.54) is 55.6 Å². The van der Waals surface area contributed by atoms with E-state index in [9.17, 15) is 0 Å². The molecule has 8 aromatic rings. The minimum absolute atomic E-state index is 0.154. The van der Waals surface area contributed by atoms with Crippen LogP contribution in [0.15, 0.2) is 152 Å². The largest absolute Gasteiger partial charge is 0.208 e. The van der Waals surface area contributed by atoms with Crippen LogP contribution < -0.4 is 0 Å². The molecule has 0 unspecified atom stereocenters. The molecule has 7 aromatic carbocycles. The first-order chi connectivity index (χ1) is 27.0. The van der Waals surface area contributed by atoms with Crippen molar-refractivity contribution in [1.29, 1.82) is 0 Å². The summed E-state index contributed by atoms with van der Waals surface area (Å²) in [6.07, 6.45) is 0. The van der Waals surface area contributed by atoms with Crippen LogP contribution in [0.4, 0.5) is 0 Å². The highest BCUT2D eigenvalue weighted by atomic mass is 15.0. The Labute approximate surface area is 329 Å². The smallest absolute Gasteiger partial charge is 0.164 e. The van der Waals surface area contributed by atoms with Crippen LogP contribution in [-0.4, -0.2) is 15.0 Å². The molecule has 1 heterocycles. The van der Waals surface area contributed by atoms with Crippen LogP contribution in [0.1, 0.15) is 61.1 Å². The predicted octanol–water partition coefficient (Wildman–Crippen LogP) is 13.4. The van der Waals surface area contributed by atoms with Crippen LogP contribution in [0.3, 0.4) is 0 Å². The average Bonchev–Trinajstić information content (AvgIpc) is 3.58. The lowest BCUT2D eigenvalue weighted by atomic mass is 9.81. The number of fused-ring (bicyclic) bond motifs is 6. The van der Waals surface area contributed by atoms with Crippen molar-refractivity contribution in [3.63, 3.8) is 0 Å². The summed E-state index contributed by atoms with van der Waals surface area (Å²) in [5.41, 5.74) is 20.2. The molecule has 0 N–H and O–H groups in total. The molecule has 0 amide bonds. The minimum atomic E-state index is -0.154. The van der Waals surface area contributed by atoms with Gasteiger partial charge < -0.3 is 0 Å². The highest BCUT2D eigenvalue weighted by Crippen LogP contribution is 2.51. The van der Waals surface area contributed by atoms with E-state index in [-0.39, 0.29) is 10.8 Å². The lowest BCUT2D eigenvalue weighted by molar-refractivity contribution is 0.660. The molecule has 3 nitrogen and oxygen atoms in total. The van der Waals surface area contributed by atoms with E-state index in [0.717, 1.165) is 38.9 Å². The molecule has 3 heteroatoms. The van der Waals surface area contributed by atoms with Crippen LogP contribution in [0.5, 0.6) is 0 Å². The van der Waals surface area contributed by atoms with Gasteiger partial charge in [0.05, 0.1) is 0 Å². The maximum absolute atomic E-state index is 5.33. The number of aromatic nitrogens is 3. The Bertz CT molecular complexity index is 2680. The number of benzene rings is 7. The van der Waals surface area contributed by atoms with E-state index in [4.69, 9.17) is 15.0 Å². The summed E-state index contributed by atoms with van der Waals surface area (Å²) < 4.78 is 0. The summed E-state index contributed by atoms with van der Waals surface area (Å²) in [4.78, 5) is 16.0. The normalized spacial score (nSPS) is 14.2. The third-order valence-corrected chi connectivity index (χ3v) is 12.2. The predicted molar refractivity (Wildman–Crippen MR) is 232 cm³/mol. The monoisotopic (exact) mass is 721 g/mol. The quantitative estimate of drug-likeness (QED) is 0.178. The van der Waals surface area contributed by atoms with Gasteiger partial charge in [0.1, 0.15) is 0 Å². The van der Waals surface area contributed by atoms with Crippen LogP contribution in [-0.2, 0) is 10.8 Å². The lowest BCUT2D eigenvalue weighted by Crippen LogP contribution is -2.15. The number of nitrogens with zero attached hydrogens (tertiary/aromatic N) is 3. The molecule has 0 atom stereocenters. The third kappa shape index (κ3) is 5.45. The molecule has 56 heavy (non-hydrogen) atoms. The van der Waals surface area contributed by atoms with Gasteiger partial charge in [-0.1, -0.05) is 160 Å². The molecule has 0 radical (unpaired) electrons. The van der Waals surface area contributed by atoms with Gasteiger partial charge in [0.25, 0.3) is 0 Å². The summed E-state index contributed by atoms with van der Waals surface area (Å²) in [6, 6.07) is 55.0. The molecule has 0 saturated heterocycles. The number of hydrogen-bond acceptors (Lipinski definition) is 3. The lowest BCUT2D eigenvalue weighted by Gasteiger charge is -2.22. The molecule has 2 aliphatic rings. The minimum Gasteiger partial charge on any atom is -0.208 e. The van der Waals surface area contributed by atoms with Gasteiger partial charge in [0, 0.05) is 27.5 Å². The zero-order chi connectivity index (χ0) is 38.3. The molecular formula is C53H43N3. The van der Waals surface area contributed by atoms with Gasteiger partial charge in [-0.3, -0.25) is 0 Å². The van der Waals surface area contributed by atoms with Crippen molar-refractivity contribution >= 4 is 0 Å². The van der Waals surface area contributed by atoms with E-state index >= 15 is 0 Å². The summed E-state index contributed by atoms with van der Waals surface area (Å²) in [5, 5.41) is 0. The van der Waals surface area contributed by atoms with E-state index in [0.29, 0.717) is 17.5 Å². The third-order valence-electron chi connectivity index (χ3n) is 12.2. The van der Waals surface area contributed by atoms with Crippen LogP contribution in [0.2, 0.25) is 0 Å². The van der Waals surface area contributed by atoms with Crippen molar-refractivity contribution in [2.24, 2.45) is 0 Å². The zero-order valence-electron chi connectivity index (χ0n) is 32.8. The molecule has 0 saturated carbocycles. The highest BCUT2D eigenvalue weighted by Gasteiger charge is 2.37. The molecule has 0 bridgehead atoms. The SMILES string of the molecule is Cc1ccc2c(c1)C(C)(C)c1cc(-c3nc(-c4cc(-c5ccccc5)cc(-c5ccccc5)c4)nc(-c4ccc5c(c4)C(C)(C)c4cc(C)ccc4-5)n3)ccc1-2. The Hall–Kier alpha value is -6.45. The van der Waals surface area contributed by atoms with E-state index in [1.54, 1.807) is 0 Å². The first-order valence-corrected chi connectivity index (χ1v) is 19.6. The molecule has 10 rings (SSSR count). The van der Waals surface area contributed by atoms with Crippen molar-refractivity contribution in [2.75, 3.05) is 0 Å². The first-order valence-electron chi connectivity index (χ1n) is 19.6. The summed E-state index contributed by atoms with van der Waals surface area (Å²) in [7, 11) is 0. The molecule has 0 spiro atoms. The van der Waals surface area contributed by atoms with Gasteiger partial charge >= 0.3 is 0 Å². The standard InChI is InChI=1S/C53H43N3/c1-32-17-21-41-43-23-19-36(30-47(43)52(3,4)45(41)25-32)49-54-50(37-20-24-44-42-22-18-33(2)26-46(42)53(5,6)48(44)31-37)56-51(55-49)40-28-38(34-13-9-7-10-14-34)27-39(29-40)35-15-11-8-12-16-35/h7-31H,1-6H3. The van der Waals surface area contributed by atoms with Crippen molar-refractivity contribution in [1.82, 2.24) is 15.0 Å². The second-order valence-electron chi connectivity index (χ2n) is 16.7. The fourth-order valence-electron chi connectivity index (χ4n) is 9.10. The van der Waals surface area contributed by atoms with Crippen molar-refractivity contribution in [3.8, 4) is 78.7 Å². The molecule has 2 aliphatic carbocycles. The fraction of sp³-hybridized carbons (Fsp3) is 0.151. The van der Waals surface area contributed by atoms with Gasteiger partial charge in [0.2, 0.25) is 0 Å². The maximum Gasteiger partial charge on any atom is 0.164 e. The van der Waals surface area contributed by atoms with Crippen molar-refractivity contribution in [3.05, 3.63) is 185 Å². The Morgan fingerprint density at radius 2 is 0.643 bits per heavy atom. The Morgan fingerprint density at radius 3 is 1.05 bits per heavy atom. The molecule has 0 aliphatic heterocycles. The summed E-state index contributed by atoms with van der Waals surface area (Å²) in [5.74, 6) is 1.99. The highest BCUT2D eigenvalue weighted by molar-refractivity contribution is 5.86. The molecular weight excluding hydrogens is 679 g/mol.